The Bertz CT molecular complexity index is 789. The van der Waals surface area contributed by atoms with Crippen molar-refractivity contribution in [3.63, 3.8) is 0 Å². The van der Waals surface area contributed by atoms with E-state index in [0.717, 1.165) is 17.1 Å². The monoisotopic (exact) mass is 357 g/mol. The Hall–Kier alpha value is -2.90. The van der Waals surface area contributed by atoms with E-state index in [1.54, 1.807) is 27.8 Å². The van der Waals surface area contributed by atoms with Gasteiger partial charge < -0.3 is 19.1 Å². The molecule has 2 heterocycles. The zero-order valence-corrected chi connectivity index (χ0v) is 15.1. The van der Waals surface area contributed by atoms with E-state index >= 15 is 0 Å². The lowest BCUT2D eigenvalue weighted by Gasteiger charge is -2.34. The quantitative estimate of drug-likeness (QED) is 0.757. The van der Waals surface area contributed by atoms with Gasteiger partial charge in [0.15, 0.2) is 0 Å². The summed E-state index contributed by atoms with van der Waals surface area (Å²) in [6, 6.07) is 7.67. The summed E-state index contributed by atoms with van der Waals surface area (Å²) in [4.78, 5) is 28.2. The second-order valence-electron chi connectivity index (χ2n) is 6.34. The molecule has 1 fully saturated rings. The van der Waals surface area contributed by atoms with Crippen molar-refractivity contribution in [1.29, 1.82) is 0 Å². The van der Waals surface area contributed by atoms with Crippen LogP contribution in [0.15, 0.2) is 30.6 Å². The van der Waals surface area contributed by atoms with Crippen LogP contribution in [0.1, 0.15) is 17.8 Å². The van der Waals surface area contributed by atoms with Gasteiger partial charge in [0, 0.05) is 39.5 Å². The van der Waals surface area contributed by atoms with Crippen molar-refractivity contribution in [2.75, 3.05) is 26.7 Å². The van der Waals surface area contributed by atoms with Crippen LogP contribution < -0.4 is 4.74 Å². The van der Waals surface area contributed by atoms with Gasteiger partial charge in [0.1, 0.15) is 17.9 Å². The number of benzene rings is 1. The SMILES string of the molecule is COc1cccc(CN2CCN(C(=O)CCc3nncn3C)CC2=O)c1. The first-order valence-electron chi connectivity index (χ1n) is 8.58. The molecule has 8 nitrogen and oxygen atoms in total. The van der Waals surface area contributed by atoms with Crippen molar-refractivity contribution >= 4 is 11.8 Å². The van der Waals surface area contributed by atoms with Gasteiger partial charge in [-0.25, -0.2) is 0 Å². The molecular formula is C18H23N5O3. The van der Waals surface area contributed by atoms with Gasteiger partial charge in [-0.2, -0.15) is 0 Å². The standard InChI is InChI=1S/C18H23N5O3/c1-21-13-19-20-16(21)6-7-17(24)23-9-8-22(18(25)12-23)11-14-4-3-5-15(10-14)26-2/h3-5,10,13H,6-9,11-12H2,1-2H3. The van der Waals surface area contributed by atoms with E-state index in [2.05, 4.69) is 10.2 Å². The minimum Gasteiger partial charge on any atom is -0.497 e. The molecule has 0 unspecified atom stereocenters. The Kier molecular flexibility index (Phi) is 5.50. The van der Waals surface area contributed by atoms with Crippen LogP contribution in [0.25, 0.3) is 0 Å². The van der Waals surface area contributed by atoms with Gasteiger partial charge in [-0.3, -0.25) is 9.59 Å². The van der Waals surface area contributed by atoms with E-state index in [-0.39, 0.29) is 18.4 Å². The number of aromatic nitrogens is 3. The summed E-state index contributed by atoms with van der Waals surface area (Å²) in [7, 11) is 3.47. The third-order valence-corrected chi connectivity index (χ3v) is 4.55. The molecule has 0 aliphatic carbocycles. The predicted molar refractivity (Wildman–Crippen MR) is 94.3 cm³/mol. The first-order chi connectivity index (χ1) is 12.6. The van der Waals surface area contributed by atoms with Gasteiger partial charge >= 0.3 is 0 Å². The van der Waals surface area contributed by atoms with Gasteiger partial charge in [-0.15, -0.1) is 10.2 Å². The zero-order chi connectivity index (χ0) is 18.5. The molecule has 1 aromatic carbocycles. The van der Waals surface area contributed by atoms with E-state index in [0.29, 0.717) is 32.5 Å². The molecule has 0 saturated carbocycles. The van der Waals surface area contributed by atoms with Crippen LogP contribution in [0.5, 0.6) is 5.75 Å². The molecule has 0 radical (unpaired) electrons. The first kappa shape index (κ1) is 17.9. The normalized spacial score (nSPS) is 14.6. The number of ether oxygens (including phenoxy) is 1. The number of carbonyl (C=O) groups excluding carboxylic acids is 2. The van der Waals surface area contributed by atoms with Crippen LogP contribution in [0, 0.1) is 0 Å². The van der Waals surface area contributed by atoms with Crippen LogP contribution in [0.4, 0.5) is 0 Å². The molecule has 0 N–H and O–H groups in total. The molecule has 8 heteroatoms. The number of hydrogen-bond acceptors (Lipinski definition) is 5. The maximum Gasteiger partial charge on any atom is 0.242 e. The summed E-state index contributed by atoms with van der Waals surface area (Å²) in [6.45, 7) is 1.73. The average molecular weight is 357 g/mol. The molecular weight excluding hydrogens is 334 g/mol. The number of nitrogens with zero attached hydrogens (tertiary/aromatic N) is 5. The fraction of sp³-hybridized carbons (Fsp3) is 0.444. The second kappa shape index (κ2) is 7.99. The molecule has 1 aliphatic rings. The van der Waals surface area contributed by atoms with Crippen LogP contribution in [-0.4, -0.2) is 63.1 Å². The topological polar surface area (TPSA) is 80.6 Å². The molecule has 138 valence electrons. The summed E-state index contributed by atoms with van der Waals surface area (Å²) in [5.41, 5.74) is 1.01. The summed E-state index contributed by atoms with van der Waals surface area (Å²) in [5, 5.41) is 7.78. The highest BCUT2D eigenvalue weighted by Crippen LogP contribution is 2.16. The number of aryl methyl sites for hydroxylation is 2. The summed E-state index contributed by atoms with van der Waals surface area (Å²) >= 11 is 0. The minimum absolute atomic E-state index is 0.0256. The van der Waals surface area contributed by atoms with Crippen molar-refractivity contribution in [3.05, 3.63) is 42.0 Å². The number of piperazine rings is 1. The highest BCUT2D eigenvalue weighted by Gasteiger charge is 2.27. The molecule has 1 aromatic heterocycles. The smallest absolute Gasteiger partial charge is 0.242 e. The number of methoxy groups -OCH3 is 1. The van der Waals surface area contributed by atoms with E-state index in [1.165, 1.54) is 0 Å². The van der Waals surface area contributed by atoms with Crippen molar-refractivity contribution < 1.29 is 14.3 Å². The fourth-order valence-electron chi connectivity index (χ4n) is 2.99. The molecule has 2 aromatic rings. The summed E-state index contributed by atoms with van der Waals surface area (Å²) in [6.07, 6.45) is 2.46. The van der Waals surface area contributed by atoms with Crippen molar-refractivity contribution in [1.82, 2.24) is 24.6 Å². The van der Waals surface area contributed by atoms with Crippen molar-refractivity contribution in [2.24, 2.45) is 7.05 Å². The summed E-state index contributed by atoms with van der Waals surface area (Å²) < 4.78 is 7.01. The Balaban J connectivity index is 1.52. The molecule has 0 spiro atoms. The van der Waals surface area contributed by atoms with E-state index in [9.17, 15) is 9.59 Å². The number of carbonyl (C=O) groups is 2. The molecule has 2 amide bonds. The number of rotatable bonds is 6. The largest absolute Gasteiger partial charge is 0.497 e. The van der Waals surface area contributed by atoms with E-state index < -0.39 is 0 Å². The van der Waals surface area contributed by atoms with Gasteiger partial charge in [0.2, 0.25) is 11.8 Å². The molecule has 0 bridgehead atoms. The van der Waals surface area contributed by atoms with Crippen LogP contribution in [-0.2, 0) is 29.6 Å². The molecule has 0 atom stereocenters. The van der Waals surface area contributed by atoms with Crippen LogP contribution in [0.3, 0.4) is 0 Å². The lowest BCUT2D eigenvalue weighted by molar-refractivity contribution is -0.145. The maximum atomic E-state index is 12.4. The van der Waals surface area contributed by atoms with Gasteiger partial charge in [0.25, 0.3) is 0 Å². The maximum absolute atomic E-state index is 12.4. The van der Waals surface area contributed by atoms with Gasteiger partial charge in [0.05, 0.1) is 13.7 Å². The minimum atomic E-state index is -0.0360. The highest BCUT2D eigenvalue weighted by molar-refractivity contribution is 5.86. The molecule has 3 rings (SSSR count). The molecule has 1 saturated heterocycles. The lowest BCUT2D eigenvalue weighted by atomic mass is 10.1. The Labute approximate surface area is 152 Å². The first-order valence-corrected chi connectivity index (χ1v) is 8.58. The van der Waals surface area contributed by atoms with E-state index in [4.69, 9.17) is 4.74 Å². The summed E-state index contributed by atoms with van der Waals surface area (Å²) in [5.74, 6) is 1.47. The fourth-order valence-corrected chi connectivity index (χ4v) is 2.99. The zero-order valence-electron chi connectivity index (χ0n) is 15.1. The molecule has 26 heavy (non-hydrogen) atoms. The Morgan fingerprint density at radius 1 is 1.31 bits per heavy atom. The third-order valence-electron chi connectivity index (χ3n) is 4.55. The number of amides is 2. The van der Waals surface area contributed by atoms with Crippen molar-refractivity contribution in [2.45, 2.75) is 19.4 Å². The molecule has 1 aliphatic heterocycles. The third kappa shape index (κ3) is 4.19. The van der Waals surface area contributed by atoms with Crippen LogP contribution >= 0.6 is 0 Å². The Morgan fingerprint density at radius 3 is 2.85 bits per heavy atom. The lowest BCUT2D eigenvalue weighted by Crippen LogP contribution is -2.51. The van der Waals surface area contributed by atoms with Crippen molar-refractivity contribution in [3.8, 4) is 5.75 Å². The van der Waals surface area contributed by atoms with Crippen LogP contribution in [0.2, 0.25) is 0 Å². The Morgan fingerprint density at radius 2 is 2.15 bits per heavy atom. The van der Waals surface area contributed by atoms with Gasteiger partial charge in [-0.1, -0.05) is 12.1 Å². The average Bonchev–Trinajstić information content (AvgIpc) is 3.06. The number of hydrogen-bond donors (Lipinski definition) is 0. The predicted octanol–water partition coefficient (Wildman–Crippen LogP) is 0.627. The highest BCUT2D eigenvalue weighted by atomic mass is 16.5. The second-order valence-corrected chi connectivity index (χ2v) is 6.34. The van der Waals surface area contributed by atoms with E-state index in [1.807, 2.05) is 31.3 Å². The van der Waals surface area contributed by atoms with Gasteiger partial charge in [-0.05, 0) is 17.7 Å².